The van der Waals surface area contributed by atoms with E-state index in [1.165, 1.54) is 4.57 Å². The summed E-state index contributed by atoms with van der Waals surface area (Å²) in [7, 11) is 1.70. The fourth-order valence-corrected chi connectivity index (χ4v) is 2.25. The zero-order valence-electron chi connectivity index (χ0n) is 11.4. The average molecular weight is 259 g/mol. The van der Waals surface area contributed by atoms with Crippen molar-refractivity contribution in [2.24, 2.45) is 7.05 Å². The number of hydrogen-bond donors (Lipinski definition) is 0. The Bertz CT molecular complexity index is 686. The number of hydrogen-bond acceptors (Lipinski definition) is 3. The Morgan fingerprint density at radius 3 is 2.68 bits per heavy atom. The number of rotatable bonds is 3. The van der Waals surface area contributed by atoms with Gasteiger partial charge in [0, 0.05) is 13.2 Å². The van der Waals surface area contributed by atoms with Gasteiger partial charge in [0.2, 0.25) is 0 Å². The predicted octanol–water partition coefficient (Wildman–Crippen LogP) is 2.28. The molecule has 100 valence electrons. The first-order chi connectivity index (χ1) is 9.10. The van der Waals surface area contributed by atoms with Crippen LogP contribution in [0, 0.1) is 0 Å². The van der Waals surface area contributed by atoms with Crippen molar-refractivity contribution in [3.63, 3.8) is 0 Å². The van der Waals surface area contributed by atoms with Crippen LogP contribution in [0.4, 0.5) is 0 Å². The Morgan fingerprint density at radius 1 is 1.32 bits per heavy atom. The zero-order chi connectivity index (χ0) is 14.0. The number of aromatic nitrogens is 1. The third-order valence-corrected chi connectivity index (χ3v) is 3.17. The van der Waals surface area contributed by atoms with E-state index >= 15 is 0 Å². The van der Waals surface area contributed by atoms with Gasteiger partial charge in [0.25, 0.3) is 5.56 Å². The maximum Gasteiger partial charge on any atom is 0.338 e. The standard InChI is InChI=1S/C15H17NO3/c1-4-10-9-16(3)14(17)13-11(10)7-6-8-12(13)15(18)19-5-2/h6-9H,4-5H2,1-3H3. The highest BCUT2D eigenvalue weighted by Crippen LogP contribution is 2.20. The van der Waals surface area contributed by atoms with Gasteiger partial charge in [-0.1, -0.05) is 19.1 Å². The Morgan fingerprint density at radius 2 is 2.05 bits per heavy atom. The summed E-state index contributed by atoms with van der Waals surface area (Å²) in [5, 5.41) is 1.28. The number of carbonyl (C=O) groups excluding carboxylic acids is 1. The molecule has 0 saturated carbocycles. The second kappa shape index (κ2) is 5.26. The minimum Gasteiger partial charge on any atom is -0.462 e. The van der Waals surface area contributed by atoms with Crippen molar-refractivity contribution in [1.82, 2.24) is 4.57 Å². The van der Waals surface area contributed by atoms with Crippen LogP contribution in [0.5, 0.6) is 0 Å². The van der Waals surface area contributed by atoms with Gasteiger partial charge < -0.3 is 9.30 Å². The van der Waals surface area contributed by atoms with Gasteiger partial charge in [-0.3, -0.25) is 4.79 Å². The van der Waals surface area contributed by atoms with Gasteiger partial charge in [-0.2, -0.15) is 0 Å². The van der Waals surface area contributed by atoms with Crippen molar-refractivity contribution in [3.05, 3.63) is 45.9 Å². The van der Waals surface area contributed by atoms with Gasteiger partial charge in [0.15, 0.2) is 0 Å². The Labute approximate surface area is 111 Å². The van der Waals surface area contributed by atoms with Crippen molar-refractivity contribution in [2.45, 2.75) is 20.3 Å². The van der Waals surface area contributed by atoms with Gasteiger partial charge in [-0.25, -0.2) is 4.79 Å². The van der Waals surface area contributed by atoms with E-state index in [4.69, 9.17) is 4.74 Å². The molecule has 4 heteroatoms. The fraction of sp³-hybridized carbons (Fsp3) is 0.333. The summed E-state index contributed by atoms with van der Waals surface area (Å²) < 4.78 is 6.54. The first kappa shape index (κ1) is 13.3. The number of ether oxygens (including phenoxy) is 1. The first-order valence-electron chi connectivity index (χ1n) is 6.38. The molecular weight excluding hydrogens is 242 g/mol. The van der Waals surface area contributed by atoms with E-state index < -0.39 is 5.97 Å². The number of fused-ring (bicyclic) bond motifs is 1. The number of pyridine rings is 1. The van der Waals surface area contributed by atoms with Crippen LogP contribution in [0.15, 0.2) is 29.2 Å². The lowest BCUT2D eigenvalue weighted by Gasteiger charge is -2.10. The van der Waals surface area contributed by atoms with Crippen LogP contribution in [0.3, 0.4) is 0 Å². The summed E-state index contributed by atoms with van der Waals surface area (Å²) >= 11 is 0. The summed E-state index contributed by atoms with van der Waals surface area (Å²) in [6.45, 7) is 4.07. The molecule has 19 heavy (non-hydrogen) atoms. The number of esters is 1. The monoisotopic (exact) mass is 259 g/mol. The molecular formula is C15H17NO3. The van der Waals surface area contributed by atoms with Crippen molar-refractivity contribution >= 4 is 16.7 Å². The largest absolute Gasteiger partial charge is 0.462 e. The molecule has 1 aromatic carbocycles. The summed E-state index contributed by atoms with van der Waals surface area (Å²) in [4.78, 5) is 24.2. The molecule has 0 aliphatic carbocycles. The second-order valence-electron chi connectivity index (χ2n) is 4.37. The molecule has 0 radical (unpaired) electrons. The zero-order valence-corrected chi connectivity index (χ0v) is 11.4. The van der Waals surface area contributed by atoms with Crippen LogP contribution >= 0.6 is 0 Å². The molecule has 4 nitrogen and oxygen atoms in total. The Balaban J connectivity index is 2.84. The maximum absolute atomic E-state index is 12.3. The fourth-order valence-electron chi connectivity index (χ4n) is 2.25. The van der Waals surface area contributed by atoms with E-state index in [2.05, 4.69) is 0 Å². The predicted molar refractivity (Wildman–Crippen MR) is 74.5 cm³/mol. The SMILES string of the molecule is CCOC(=O)c1cccc2c(CC)cn(C)c(=O)c12. The molecule has 2 aromatic rings. The smallest absolute Gasteiger partial charge is 0.338 e. The summed E-state index contributed by atoms with van der Waals surface area (Å²) in [5.41, 5.74) is 1.22. The van der Waals surface area contributed by atoms with Crippen molar-refractivity contribution in [3.8, 4) is 0 Å². The van der Waals surface area contributed by atoms with Gasteiger partial charge in [0.05, 0.1) is 17.6 Å². The number of carbonyl (C=O) groups is 1. The van der Waals surface area contributed by atoms with Crippen LogP contribution in [-0.4, -0.2) is 17.1 Å². The first-order valence-corrected chi connectivity index (χ1v) is 6.38. The van der Waals surface area contributed by atoms with Gasteiger partial charge in [0.1, 0.15) is 0 Å². The van der Waals surface area contributed by atoms with Crippen molar-refractivity contribution in [2.75, 3.05) is 6.61 Å². The summed E-state index contributed by atoms with van der Waals surface area (Å²) in [6.07, 6.45) is 2.62. The van der Waals surface area contributed by atoms with Crippen LogP contribution < -0.4 is 5.56 Å². The number of nitrogens with zero attached hydrogens (tertiary/aromatic N) is 1. The van der Waals surface area contributed by atoms with Gasteiger partial charge >= 0.3 is 5.97 Å². The van der Waals surface area contributed by atoms with Gasteiger partial charge in [-0.15, -0.1) is 0 Å². The van der Waals surface area contributed by atoms with Gasteiger partial charge in [-0.05, 0) is 30.4 Å². The number of benzene rings is 1. The van der Waals surface area contributed by atoms with E-state index in [1.54, 1.807) is 26.1 Å². The summed E-state index contributed by atoms with van der Waals surface area (Å²) in [5.74, 6) is -0.446. The minimum absolute atomic E-state index is 0.171. The molecule has 0 saturated heterocycles. The molecule has 0 aliphatic heterocycles. The topological polar surface area (TPSA) is 48.3 Å². The number of aryl methyl sites for hydroxylation is 2. The third-order valence-electron chi connectivity index (χ3n) is 3.17. The Hall–Kier alpha value is -2.10. The molecule has 1 aromatic heterocycles. The highest BCUT2D eigenvalue weighted by Gasteiger charge is 2.16. The lowest BCUT2D eigenvalue weighted by molar-refractivity contribution is 0.0528. The van der Waals surface area contributed by atoms with E-state index in [1.807, 2.05) is 19.2 Å². The molecule has 0 bridgehead atoms. The molecule has 2 rings (SSSR count). The molecule has 1 heterocycles. The highest BCUT2D eigenvalue weighted by atomic mass is 16.5. The quantitative estimate of drug-likeness (QED) is 0.794. The second-order valence-corrected chi connectivity index (χ2v) is 4.37. The minimum atomic E-state index is -0.446. The summed E-state index contributed by atoms with van der Waals surface area (Å²) in [6, 6.07) is 5.30. The van der Waals surface area contributed by atoms with E-state index in [0.29, 0.717) is 17.6 Å². The van der Waals surface area contributed by atoms with Crippen molar-refractivity contribution in [1.29, 1.82) is 0 Å². The molecule has 0 amide bonds. The molecule has 0 unspecified atom stereocenters. The third kappa shape index (κ3) is 2.26. The average Bonchev–Trinajstić information content (AvgIpc) is 2.42. The molecule has 0 aliphatic rings. The van der Waals surface area contributed by atoms with Crippen molar-refractivity contribution < 1.29 is 9.53 Å². The Kier molecular flexibility index (Phi) is 3.69. The van der Waals surface area contributed by atoms with E-state index in [-0.39, 0.29) is 5.56 Å². The normalized spacial score (nSPS) is 10.7. The maximum atomic E-state index is 12.3. The highest BCUT2D eigenvalue weighted by molar-refractivity contribution is 6.04. The van der Waals surface area contributed by atoms with E-state index in [9.17, 15) is 9.59 Å². The molecule has 0 N–H and O–H groups in total. The van der Waals surface area contributed by atoms with Crippen LogP contribution in [0.1, 0.15) is 29.8 Å². The van der Waals surface area contributed by atoms with E-state index in [0.717, 1.165) is 17.4 Å². The lowest BCUT2D eigenvalue weighted by atomic mass is 10.0. The lowest BCUT2D eigenvalue weighted by Crippen LogP contribution is -2.20. The van der Waals surface area contributed by atoms with Crippen LogP contribution in [-0.2, 0) is 18.2 Å². The van der Waals surface area contributed by atoms with Crippen LogP contribution in [0.2, 0.25) is 0 Å². The molecule has 0 spiro atoms. The van der Waals surface area contributed by atoms with Crippen LogP contribution in [0.25, 0.3) is 10.8 Å². The molecule has 0 atom stereocenters. The molecule has 0 fully saturated rings.